The fraction of sp³-hybridized carbons (Fsp3) is 0.0417. The molecule has 3 heterocycles. The van der Waals surface area contributed by atoms with Crippen molar-refractivity contribution in [3.8, 4) is 16.8 Å². The van der Waals surface area contributed by atoms with Gasteiger partial charge < -0.3 is 5.73 Å². The third kappa shape index (κ3) is 3.09. The maximum Gasteiger partial charge on any atom is 0.134 e. The van der Waals surface area contributed by atoms with Gasteiger partial charge in [0.1, 0.15) is 29.3 Å². The van der Waals surface area contributed by atoms with Gasteiger partial charge in [0.2, 0.25) is 0 Å². The highest BCUT2D eigenvalue weighted by atomic mass is 19.1. The van der Waals surface area contributed by atoms with Crippen molar-refractivity contribution < 1.29 is 4.39 Å². The summed E-state index contributed by atoms with van der Waals surface area (Å²) in [5, 5.41) is 7.74. The molecule has 0 aliphatic heterocycles. The molecule has 0 amide bonds. The number of aromatic nitrogens is 4. The number of hydrogen-bond acceptors (Lipinski definition) is 4. The summed E-state index contributed by atoms with van der Waals surface area (Å²) in [6.45, 7) is 1.85. The van der Waals surface area contributed by atoms with Crippen molar-refractivity contribution in [1.82, 2.24) is 19.5 Å². The van der Waals surface area contributed by atoms with E-state index in [-0.39, 0.29) is 11.7 Å². The van der Waals surface area contributed by atoms with E-state index in [9.17, 15) is 4.39 Å². The Bertz CT molecular complexity index is 1520. The molecule has 0 bridgehead atoms. The Hall–Kier alpha value is -4.46. The predicted molar refractivity (Wildman–Crippen MR) is 124 cm³/mol. The Morgan fingerprint density at radius 3 is 2.69 bits per heavy atom. The first-order valence-corrected chi connectivity index (χ1v) is 9.88. The molecule has 7 nitrogen and oxygen atoms in total. The lowest BCUT2D eigenvalue weighted by molar-refractivity contribution is 0.639. The van der Waals surface area contributed by atoms with Crippen molar-refractivity contribution in [2.24, 2.45) is 10.7 Å². The summed E-state index contributed by atoms with van der Waals surface area (Å²) < 4.78 is 16.8. The third-order valence-corrected chi connectivity index (χ3v) is 5.36. The molecule has 0 spiro atoms. The van der Waals surface area contributed by atoms with Crippen LogP contribution in [0.15, 0.2) is 72.1 Å². The van der Waals surface area contributed by atoms with E-state index >= 15 is 0 Å². The van der Waals surface area contributed by atoms with Crippen LogP contribution >= 0.6 is 0 Å². The fourth-order valence-electron chi connectivity index (χ4n) is 3.97. The van der Waals surface area contributed by atoms with Crippen molar-refractivity contribution >= 4 is 34.1 Å². The van der Waals surface area contributed by atoms with Gasteiger partial charge in [-0.2, -0.15) is 0 Å². The third-order valence-electron chi connectivity index (χ3n) is 5.36. The van der Waals surface area contributed by atoms with Crippen LogP contribution in [0.4, 0.5) is 4.39 Å². The molecule has 5 rings (SSSR count). The highest BCUT2D eigenvalue weighted by molar-refractivity contribution is 6.11. The number of hydrogen-bond donors (Lipinski definition) is 2. The molecule has 32 heavy (non-hydrogen) atoms. The van der Waals surface area contributed by atoms with Gasteiger partial charge in [0, 0.05) is 24.2 Å². The SMILES string of the molecule is Cc1nc2c(C(N)=NC=N)cc(-c3ccncc3)cc2n1-c1ccnc2cccc(F)c12. The Balaban J connectivity index is 1.90. The van der Waals surface area contributed by atoms with Crippen LogP contribution in [0.3, 0.4) is 0 Å². The van der Waals surface area contributed by atoms with Crippen LogP contribution in [-0.2, 0) is 0 Å². The molecule has 0 unspecified atom stereocenters. The molecule has 0 aliphatic rings. The zero-order valence-electron chi connectivity index (χ0n) is 17.1. The summed E-state index contributed by atoms with van der Waals surface area (Å²) in [6.07, 6.45) is 5.97. The van der Waals surface area contributed by atoms with E-state index in [0.717, 1.165) is 23.0 Å². The molecule has 0 radical (unpaired) electrons. The Morgan fingerprint density at radius 2 is 1.91 bits per heavy atom. The van der Waals surface area contributed by atoms with E-state index in [1.165, 1.54) is 6.07 Å². The number of nitrogens with zero attached hydrogens (tertiary/aromatic N) is 5. The van der Waals surface area contributed by atoms with Gasteiger partial charge in [-0.15, -0.1) is 0 Å². The molecule has 0 aliphatic carbocycles. The highest BCUT2D eigenvalue weighted by Gasteiger charge is 2.19. The van der Waals surface area contributed by atoms with Crippen LogP contribution in [0.5, 0.6) is 0 Å². The van der Waals surface area contributed by atoms with Gasteiger partial charge in [0.25, 0.3) is 0 Å². The molecule has 0 atom stereocenters. The van der Waals surface area contributed by atoms with Crippen LogP contribution in [-0.4, -0.2) is 31.7 Å². The van der Waals surface area contributed by atoms with E-state index in [2.05, 4.69) is 15.0 Å². The highest BCUT2D eigenvalue weighted by Crippen LogP contribution is 2.33. The van der Waals surface area contributed by atoms with Gasteiger partial charge in [0.15, 0.2) is 0 Å². The standard InChI is InChI=1S/C24H18FN7/c1-14-31-23-17(24(27)30-13-26)11-16(15-5-8-28-9-6-15)12-21(23)32(14)20-7-10-29-19-4-2-3-18(25)22(19)20/h2-13H,1H3,(H3,26,27,30). The number of imidazole rings is 1. The number of halogens is 1. The van der Waals surface area contributed by atoms with Crippen LogP contribution in [0, 0.1) is 18.2 Å². The number of benzene rings is 2. The fourth-order valence-corrected chi connectivity index (χ4v) is 3.97. The molecule has 0 saturated heterocycles. The molecule has 2 aromatic carbocycles. The number of rotatable bonds is 4. The van der Waals surface area contributed by atoms with Gasteiger partial charge in [-0.1, -0.05) is 6.07 Å². The second-order valence-electron chi connectivity index (χ2n) is 7.23. The Labute approximate surface area is 182 Å². The average molecular weight is 423 g/mol. The van der Waals surface area contributed by atoms with Crippen LogP contribution in [0.25, 0.3) is 38.8 Å². The molecule has 0 saturated carbocycles. The summed E-state index contributed by atoms with van der Waals surface area (Å²) in [7, 11) is 0. The second kappa shape index (κ2) is 7.66. The van der Waals surface area contributed by atoms with Gasteiger partial charge in [0.05, 0.1) is 22.1 Å². The lowest BCUT2D eigenvalue weighted by Gasteiger charge is -2.13. The molecule has 3 N–H and O–H groups in total. The van der Waals surface area contributed by atoms with Gasteiger partial charge in [-0.05, 0) is 60.5 Å². The summed E-state index contributed by atoms with van der Waals surface area (Å²) in [4.78, 5) is 17.1. The summed E-state index contributed by atoms with van der Waals surface area (Å²) in [5.41, 5.74) is 11.1. The van der Waals surface area contributed by atoms with E-state index in [4.69, 9.17) is 16.1 Å². The van der Waals surface area contributed by atoms with E-state index in [0.29, 0.717) is 33.5 Å². The zero-order chi connectivity index (χ0) is 22.2. The number of pyridine rings is 2. The monoisotopic (exact) mass is 423 g/mol. The van der Waals surface area contributed by atoms with Gasteiger partial charge >= 0.3 is 0 Å². The molecule has 8 heteroatoms. The number of aliphatic imine (C=N–C) groups is 1. The van der Waals surface area contributed by atoms with Crippen LogP contribution < -0.4 is 5.73 Å². The number of nitrogens with two attached hydrogens (primary N) is 1. The number of nitrogens with one attached hydrogen (secondary N) is 1. The van der Waals surface area contributed by atoms with Crippen LogP contribution in [0.1, 0.15) is 11.4 Å². The molecular weight excluding hydrogens is 405 g/mol. The minimum atomic E-state index is -0.359. The quantitative estimate of drug-likeness (QED) is 0.330. The van der Waals surface area contributed by atoms with Crippen molar-refractivity contribution in [2.45, 2.75) is 6.92 Å². The number of fused-ring (bicyclic) bond motifs is 2. The van der Waals surface area contributed by atoms with Crippen molar-refractivity contribution in [3.63, 3.8) is 0 Å². The average Bonchev–Trinajstić information content (AvgIpc) is 3.14. The summed E-state index contributed by atoms with van der Waals surface area (Å²) >= 11 is 0. The van der Waals surface area contributed by atoms with Crippen molar-refractivity contribution in [3.05, 3.63) is 84.3 Å². The molecule has 0 fully saturated rings. The molecule has 5 aromatic rings. The van der Waals surface area contributed by atoms with Gasteiger partial charge in [-0.3, -0.25) is 19.9 Å². The van der Waals surface area contributed by atoms with E-state index in [1.54, 1.807) is 36.8 Å². The largest absolute Gasteiger partial charge is 0.383 e. The minimum absolute atomic E-state index is 0.177. The lowest BCUT2D eigenvalue weighted by Crippen LogP contribution is -2.14. The normalized spacial score (nSPS) is 11.9. The first-order valence-electron chi connectivity index (χ1n) is 9.88. The first-order chi connectivity index (χ1) is 15.6. The maximum atomic E-state index is 14.9. The Morgan fingerprint density at radius 1 is 1.09 bits per heavy atom. The summed E-state index contributed by atoms with van der Waals surface area (Å²) in [5.74, 6) is 0.477. The van der Waals surface area contributed by atoms with Crippen molar-refractivity contribution in [2.75, 3.05) is 0 Å². The number of amidine groups is 1. The molecule has 3 aromatic heterocycles. The topological polar surface area (TPSA) is 106 Å². The summed E-state index contributed by atoms with van der Waals surface area (Å²) in [6, 6.07) is 14.3. The van der Waals surface area contributed by atoms with Gasteiger partial charge in [-0.25, -0.2) is 14.4 Å². The van der Waals surface area contributed by atoms with E-state index < -0.39 is 0 Å². The zero-order valence-corrected chi connectivity index (χ0v) is 17.1. The lowest BCUT2D eigenvalue weighted by atomic mass is 10.0. The van der Waals surface area contributed by atoms with Crippen LogP contribution in [0.2, 0.25) is 0 Å². The Kier molecular flexibility index (Phi) is 4.67. The molecular formula is C24H18FN7. The second-order valence-corrected chi connectivity index (χ2v) is 7.23. The number of aryl methyl sites for hydroxylation is 1. The van der Waals surface area contributed by atoms with E-state index in [1.807, 2.05) is 35.8 Å². The maximum absolute atomic E-state index is 14.9. The molecule has 156 valence electrons. The smallest absolute Gasteiger partial charge is 0.134 e. The minimum Gasteiger partial charge on any atom is -0.383 e. The van der Waals surface area contributed by atoms with Crippen molar-refractivity contribution in [1.29, 1.82) is 5.41 Å². The first kappa shape index (κ1) is 19.5. The predicted octanol–water partition coefficient (Wildman–Crippen LogP) is 4.40.